The largest absolute Gasteiger partial charge is 0.179 e. The quantitative estimate of drug-likeness (QED) is 0.0465. The van der Waals surface area contributed by atoms with Crippen LogP contribution in [0, 0.1) is 0 Å². The lowest BCUT2D eigenvalue weighted by Gasteiger charge is -2.05. The van der Waals surface area contributed by atoms with Crippen molar-refractivity contribution in [2.45, 2.75) is 322 Å². The van der Waals surface area contributed by atoms with Crippen LogP contribution in [0.5, 0.6) is 0 Å². The SMILES string of the molecule is CCCCCCCCCCCCCCCCCCCCCCCCCCCCCCCCCCCCCCCCCCCCCCCCCCCS. The molecule has 0 aliphatic carbocycles. The first-order chi connectivity index (χ1) is 25.9. The third kappa shape index (κ3) is 50.4. The molecule has 0 amide bonds. The lowest BCUT2D eigenvalue weighted by atomic mass is 10.0. The molecule has 0 unspecified atom stereocenters. The summed E-state index contributed by atoms with van der Waals surface area (Å²) in [6, 6.07) is 0. The summed E-state index contributed by atoms with van der Waals surface area (Å²) in [5, 5.41) is 0. The molecule has 0 spiro atoms. The van der Waals surface area contributed by atoms with Gasteiger partial charge in [-0.1, -0.05) is 315 Å². The summed E-state index contributed by atoms with van der Waals surface area (Å²) in [6.07, 6.45) is 72.5. The summed E-state index contributed by atoms with van der Waals surface area (Å²) in [5.41, 5.74) is 0. The van der Waals surface area contributed by atoms with Crippen molar-refractivity contribution in [1.82, 2.24) is 0 Å². The number of hydrogen-bond acceptors (Lipinski definition) is 1. The molecule has 0 fully saturated rings. The van der Waals surface area contributed by atoms with E-state index < -0.39 is 0 Å². The van der Waals surface area contributed by atoms with Crippen molar-refractivity contribution in [2.24, 2.45) is 0 Å². The monoisotopic (exact) mass is 749 g/mol. The van der Waals surface area contributed by atoms with Gasteiger partial charge < -0.3 is 0 Å². The molecule has 0 saturated heterocycles. The first-order valence-electron chi connectivity index (χ1n) is 25.5. The van der Waals surface area contributed by atoms with Crippen LogP contribution in [0.3, 0.4) is 0 Å². The van der Waals surface area contributed by atoms with E-state index in [0.29, 0.717) is 0 Å². The van der Waals surface area contributed by atoms with Crippen molar-refractivity contribution >= 4 is 12.6 Å². The predicted octanol–water partition coefficient (Wildman–Crippen LogP) is 20.1. The van der Waals surface area contributed by atoms with Gasteiger partial charge in [-0.3, -0.25) is 0 Å². The second kappa shape index (κ2) is 51.4. The van der Waals surface area contributed by atoms with Crippen molar-refractivity contribution in [3.05, 3.63) is 0 Å². The normalized spacial score (nSPS) is 11.7. The fourth-order valence-corrected chi connectivity index (χ4v) is 8.72. The zero-order valence-electron chi connectivity index (χ0n) is 36.8. The summed E-state index contributed by atoms with van der Waals surface area (Å²) in [7, 11) is 0. The Kier molecular flexibility index (Phi) is 51.7. The molecule has 1 heteroatoms. The molecule has 0 radical (unpaired) electrons. The first kappa shape index (κ1) is 52.3. The number of hydrogen-bond donors (Lipinski definition) is 1. The minimum Gasteiger partial charge on any atom is -0.179 e. The van der Waals surface area contributed by atoms with Crippen LogP contribution < -0.4 is 0 Å². The highest BCUT2D eigenvalue weighted by atomic mass is 32.1. The molecule has 0 atom stereocenters. The van der Waals surface area contributed by atoms with E-state index in [1.165, 1.54) is 315 Å². The second-order valence-corrected chi connectivity index (χ2v) is 18.1. The van der Waals surface area contributed by atoms with Crippen LogP contribution in [0.1, 0.15) is 322 Å². The van der Waals surface area contributed by atoms with Gasteiger partial charge in [-0.2, -0.15) is 12.6 Å². The average Bonchev–Trinajstić information content (AvgIpc) is 3.16. The highest BCUT2D eigenvalue weighted by Gasteiger charge is 1.99. The van der Waals surface area contributed by atoms with Crippen LogP contribution in [0.15, 0.2) is 0 Å². The van der Waals surface area contributed by atoms with E-state index in [9.17, 15) is 0 Å². The Balaban J connectivity index is 3.04. The summed E-state index contributed by atoms with van der Waals surface area (Å²) in [6.45, 7) is 2.31. The van der Waals surface area contributed by atoms with E-state index in [2.05, 4.69) is 19.6 Å². The maximum absolute atomic E-state index is 4.30. The summed E-state index contributed by atoms with van der Waals surface area (Å²) >= 11 is 4.30. The molecule has 0 aromatic heterocycles. The van der Waals surface area contributed by atoms with Crippen LogP contribution in [0.25, 0.3) is 0 Å². The van der Waals surface area contributed by atoms with Gasteiger partial charge in [0.15, 0.2) is 0 Å². The molecule has 0 aliphatic heterocycles. The van der Waals surface area contributed by atoms with E-state index in [4.69, 9.17) is 0 Å². The fourth-order valence-electron chi connectivity index (χ4n) is 8.49. The summed E-state index contributed by atoms with van der Waals surface area (Å²) < 4.78 is 0. The molecule has 0 bridgehead atoms. The standard InChI is InChI=1S/C51H104S/c1-2-3-4-5-6-7-8-9-10-11-12-13-14-15-16-17-18-19-20-21-22-23-24-25-26-27-28-29-30-31-32-33-34-35-36-37-38-39-40-41-42-43-44-45-46-47-48-49-50-51-52/h52H,2-51H2,1H3. The Hall–Kier alpha value is 0.350. The second-order valence-electron chi connectivity index (χ2n) is 17.7. The Morgan fingerprint density at radius 3 is 0.346 bits per heavy atom. The zero-order valence-corrected chi connectivity index (χ0v) is 37.7. The van der Waals surface area contributed by atoms with Crippen molar-refractivity contribution in [3.63, 3.8) is 0 Å². The average molecular weight is 749 g/mol. The lowest BCUT2D eigenvalue weighted by molar-refractivity contribution is 0.508. The van der Waals surface area contributed by atoms with Gasteiger partial charge in [-0.15, -0.1) is 0 Å². The van der Waals surface area contributed by atoms with Crippen LogP contribution in [0.4, 0.5) is 0 Å². The maximum atomic E-state index is 4.30. The zero-order chi connectivity index (χ0) is 37.4. The van der Waals surface area contributed by atoms with E-state index in [1.54, 1.807) is 0 Å². The van der Waals surface area contributed by atoms with Crippen molar-refractivity contribution in [3.8, 4) is 0 Å². The lowest BCUT2D eigenvalue weighted by Crippen LogP contribution is -1.85. The number of thiol groups is 1. The molecular formula is C51H104S. The molecule has 0 aromatic rings. The maximum Gasteiger partial charge on any atom is -0.00979 e. The van der Waals surface area contributed by atoms with E-state index in [-0.39, 0.29) is 0 Å². The highest BCUT2D eigenvalue weighted by Crippen LogP contribution is 2.18. The topological polar surface area (TPSA) is 0 Å². The molecule has 52 heavy (non-hydrogen) atoms. The number of unbranched alkanes of at least 4 members (excludes halogenated alkanes) is 48. The molecule has 0 saturated carbocycles. The van der Waals surface area contributed by atoms with Gasteiger partial charge in [-0.25, -0.2) is 0 Å². The molecule has 0 heterocycles. The van der Waals surface area contributed by atoms with Crippen molar-refractivity contribution in [1.29, 1.82) is 0 Å². The molecule has 0 aromatic carbocycles. The van der Waals surface area contributed by atoms with Gasteiger partial charge in [0, 0.05) is 0 Å². The highest BCUT2D eigenvalue weighted by molar-refractivity contribution is 7.80. The van der Waals surface area contributed by atoms with Crippen molar-refractivity contribution < 1.29 is 0 Å². The first-order valence-corrected chi connectivity index (χ1v) is 26.2. The molecule has 0 rings (SSSR count). The molecule has 314 valence electrons. The fraction of sp³-hybridized carbons (Fsp3) is 1.00. The van der Waals surface area contributed by atoms with Crippen molar-refractivity contribution in [2.75, 3.05) is 5.75 Å². The van der Waals surface area contributed by atoms with Crippen LogP contribution >= 0.6 is 12.6 Å². The molecule has 0 nitrogen and oxygen atoms in total. The van der Waals surface area contributed by atoms with E-state index >= 15 is 0 Å². The molecule has 0 aliphatic rings. The van der Waals surface area contributed by atoms with Gasteiger partial charge >= 0.3 is 0 Å². The van der Waals surface area contributed by atoms with Crippen LogP contribution in [0.2, 0.25) is 0 Å². The Morgan fingerprint density at radius 1 is 0.154 bits per heavy atom. The van der Waals surface area contributed by atoms with E-state index in [1.807, 2.05) is 0 Å². The van der Waals surface area contributed by atoms with Gasteiger partial charge in [0.2, 0.25) is 0 Å². The molecular weight excluding hydrogens is 645 g/mol. The predicted molar refractivity (Wildman–Crippen MR) is 246 cm³/mol. The van der Waals surface area contributed by atoms with E-state index in [0.717, 1.165) is 5.75 Å². The van der Waals surface area contributed by atoms with Gasteiger partial charge in [0.1, 0.15) is 0 Å². The number of rotatable bonds is 49. The third-order valence-corrected chi connectivity index (χ3v) is 12.6. The van der Waals surface area contributed by atoms with Gasteiger partial charge in [0.05, 0.1) is 0 Å². The Bertz CT molecular complexity index is 522. The minimum absolute atomic E-state index is 1.07. The smallest absolute Gasteiger partial charge is 0.00979 e. The Labute approximate surface area is 338 Å². The van der Waals surface area contributed by atoms with Crippen LogP contribution in [-0.4, -0.2) is 5.75 Å². The Morgan fingerprint density at radius 2 is 0.250 bits per heavy atom. The minimum atomic E-state index is 1.07. The molecule has 0 N–H and O–H groups in total. The van der Waals surface area contributed by atoms with Gasteiger partial charge in [0.25, 0.3) is 0 Å². The third-order valence-electron chi connectivity index (χ3n) is 12.3. The van der Waals surface area contributed by atoms with Crippen LogP contribution in [-0.2, 0) is 0 Å². The summed E-state index contributed by atoms with van der Waals surface area (Å²) in [4.78, 5) is 0. The summed E-state index contributed by atoms with van der Waals surface area (Å²) in [5.74, 6) is 1.07. The van der Waals surface area contributed by atoms with Gasteiger partial charge in [-0.05, 0) is 12.2 Å².